The maximum atomic E-state index is 5.11. The Bertz CT molecular complexity index is 101. The lowest BCUT2D eigenvalue weighted by Gasteiger charge is -2.32. The quantitative estimate of drug-likeness (QED) is 0.563. The molecule has 0 radical (unpaired) electrons. The molecular weight excluding hydrogens is 144 g/mol. The van der Waals surface area contributed by atoms with Crippen molar-refractivity contribution in [1.82, 2.24) is 10.2 Å². The molecule has 0 amide bonds. The van der Waals surface area contributed by atoms with Crippen LogP contribution in [0, 0.1) is 0 Å². The van der Waals surface area contributed by atoms with Gasteiger partial charge in [-0.1, -0.05) is 0 Å². The summed E-state index contributed by atoms with van der Waals surface area (Å²) in [5, 5.41) is 3.26. The second kappa shape index (κ2) is 4.66. The molecule has 1 N–H and O–H groups in total. The highest BCUT2D eigenvalue weighted by Gasteiger charge is 2.18. The summed E-state index contributed by atoms with van der Waals surface area (Å²) in [4.78, 5) is 2.16. The van der Waals surface area contributed by atoms with Crippen LogP contribution in [-0.4, -0.2) is 51.7 Å². The summed E-state index contributed by atoms with van der Waals surface area (Å²) < 4.78 is 10.2. The lowest BCUT2D eigenvalue weighted by Crippen LogP contribution is -2.49. The average Bonchev–Trinajstić information content (AvgIpc) is 2.09. The third-order valence-electron chi connectivity index (χ3n) is 1.85. The summed E-state index contributed by atoms with van der Waals surface area (Å²) >= 11 is 0. The van der Waals surface area contributed by atoms with Gasteiger partial charge in [0.15, 0.2) is 0 Å². The monoisotopic (exact) mass is 160 g/mol. The maximum Gasteiger partial charge on any atom is 0.218 e. The first-order chi connectivity index (χ1) is 5.38. The molecule has 1 heterocycles. The predicted octanol–water partition coefficient (Wildman–Crippen LogP) is -0.532. The van der Waals surface area contributed by atoms with Crippen LogP contribution in [0.1, 0.15) is 0 Å². The van der Waals surface area contributed by atoms with Crippen LogP contribution in [0.15, 0.2) is 0 Å². The molecule has 0 aromatic heterocycles. The van der Waals surface area contributed by atoms with Crippen molar-refractivity contribution in [3.8, 4) is 0 Å². The van der Waals surface area contributed by atoms with Gasteiger partial charge in [0.25, 0.3) is 0 Å². The summed E-state index contributed by atoms with van der Waals surface area (Å²) in [6.07, 6.45) is -0.169. The molecular formula is C7H16N2O2. The van der Waals surface area contributed by atoms with Crippen LogP contribution in [0.2, 0.25) is 0 Å². The number of nitrogens with zero attached hydrogens (tertiary/aromatic N) is 1. The molecule has 0 aliphatic carbocycles. The molecule has 0 saturated carbocycles. The Labute approximate surface area is 67.5 Å². The average molecular weight is 160 g/mol. The van der Waals surface area contributed by atoms with Gasteiger partial charge >= 0.3 is 0 Å². The third-order valence-corrected chi connectivity index (χ3v) is 1.85. The zero-order valence-electron chi connectivity index (χ0n) is 7.17. The highest BCUT2D eigenvalue weighted by Crippen LogP contribution is 2.01. The van der Waals surface area contributed by atoms with E-state index in [1.807, 2.05) is 0 Å². The van der Waals surface area contributed by atoms with Gasteiger partial charge in [-0.3, -0.25) is 4.90 Å². The largest absolute Gasteiger partial charge is 0.343 e. The number of rotatable bonds is 3. The predicted molar refractivity (Wildman–Crippen MR) is 42.2 cm³/mol. The van der Waals surface area contributed by atoms with E-state index in [4.69, 9.17) is 9.47 Å². The van der Waals surface area contributed by atoms with Gasteiger partial charge in [0.2, 0.25) is 6.41 Å². The Morgan fingerprint density at radius 1 is 1.18 bits per heavy atom. The van der Waals surface area contributed by atoms with Crippen LogP contribution >= 0.6 is 0 Å². The highest BCUT2D eigenvalue weighted by molar-refractivity contribution is 4.66. The molecule has 4 heteroatoms. The molecule has 4 nitrogen and oxygen atoms in total. The number of hydrogen-bond acceptors (Lipinski definition) is 4. The van der Waals surface area contributed by atoms with Gasteiger partial charge in [0, 0.05) is 40.4 Å². The van der Waals surface area contributed by atoms with E-state index in [2.05, 4.69) is 10.2 Å². The fraction of sp³-hybridized carbons (Fsp3) is 1.00. The van der Waals surface area contributed by atoms with Crippen LogP contribution < -0.4 is 5.32 Å². The Balaban J connectivity index is 2.30. The molecule has 0 atom stereocenters. The fourth-order valence-electron chi connectivity index (χ4n) is 1.29. The zero-order chi connectivity index (χ0) is 8.10. The molecule has 0 aromatic rings. The van der Waals surface area contributed by atoms with Crippen molar-refractivity contribution >= 4 is 0 Å². The first-order valence-electron chi connectivity index (χ1n) is 3.89. The number of methoxy groups -OCH3 is 2. The van der Waals surface area contributed by atoms with Gasteiger partial charge in [0.1, 0.15) is 0 Å². The summed E-state index contributed by atoms with van der Waals surface area (Å²) in [7, 11) is 3.33. The topological polar surface area (TPSA) is 33.7 Å². The van der Waals surface area contributed by atoms with E-state index in [-0.39, 0.29) is 6.41 Å². The number of nitrogens with one attached hydrogen (secondary N) is 1. The van der Waals surface area contributed by atoms with E-state index in [9.17, 15) is 0 Å². The molecule has 1 saturated heterocycles. The van der Waals surface area contributed by atoms with Gasteiger partial charge in [0.05, 0.1) is 0 Å². The second-order valence-corrected chi connectivity index (χ2v) is 2.56. The van der Waals surface area contributed by atoms with Gasteiger partial charge in [-0.2, -0.15) is 0 Å². The van der Waals surface area contributed by atoms with Crippen LogP contribution in [0.4, 0.5) is 0 Å². The standard InChI is InChI=1S/C7H16N2O2/c1-10-7(11-2)9-5-3-8-4-6-9/h7-8H,3-6H2,1-2H3. The summed E-state index contributed by atoms with van der Waals surface area (Å²) in [5.41, 5.74) is 0. The number of ether oxygens (including phenoxy) is 2. The van der Waals surface area contributed by atoms with Crippen LogP contribution in [-0.2, 0) is 9.47 Å². The van der Waals surface area contributed by atoms with E-state index in [0.717, 1.165) is 26.2 Å². The molecule has 0 bridgehead atoms. The molecule has 1 aliphatic rings. The second-order valence-electron chi connectivity index (χ2n) is 2.56. The molecule has 1 fully saturated rings. The van der Waals surface area contributed by atoms with Crippen LogP contribution in [0.3, 0.4) is 0 Å². The summed E-state index contributed by atoms with van der Waals surface area (Å²) in [6.45, 7) is 4.02. The molecule has 1 aliphatic heterocycles. The highest BCUT2D eigenvalue weighted by atomic mass is 16.7. The third kappa shape index (κ3) is 2.41. The van der Waals surface area contributed by atoms with Crippen molar-refractivity contribution in [2.45, 2.75) is 6.41 Å². The minimum atomic E-state index is -0.169. The first kappa shape index (κ1) is 8.93. The normalized spacial score (nSPS) is 21.0. The van der Waals surface area contributed by atoms with Crippen molar-refractivity contribution in [3.05, 3.63) is 0 Å². The first-order valence-corrected chi connectivity index (χ1v) is 3.89. The fourth-order valence-corrected chi connectivity index (χ4v) is 1.29. The smallest absolute Gasteiger partial charge is 0.218 e. The molecule has 1 rings (SSSR count). The molecule has 11 heavy (non-hydrogen) atoms. The summed E-state index contributed by atoms with van der Waals surface area (Å²) in [5.74, 6) is 0. The summed E-state index contributed by atoms with van der Waals surface area (Å²) in [6, 6.07) is 0. The van der Waals surface area contributed by atoms with Gasteiger partial charge in [-0.15, -0.1) is 0 Å². The lowest BCUT2D eigenvalue weighted by molar-refractivity contribution is -0.198. The van der Waals surface area contributed by atoms with E-state index >= 15 is 0 Å². The van der Waals surface area contributed by atoms with Gasteiger partial charge < -0.3 is 14.8 Å². The van der Waals surface area contributed by atoms with Crippen molar-refractivity contribution < 1.29 is 9.47 Å². The maximum absolute atomic E-state index is 5.11. The minimum Gasteiger partial charge on any atom is -0.343 e. The van der Waals surface area contributed by atoms with Crippen molar-refractivity contribution in [2.75, 3.05) is 40.4 Å². The van der Waals surface area contributed by atoms with Crippen LogP contribution in [0.25, 0.3) is 0 Å². The van der Waals surface area contributed by atoms with Crippen molar-refractivity contribution in [1.29, 1.82) is 0 Å². The molecule has 66 valence electrons. The lowest BCUT2D eigenvalue weighted by atomic mass is 10.4. The Morgan fingerprint density at radius 2 is 1.73 bits per heavy atom. The number of piperazine rings is 1. The van der Waals surface area contributed by atoms with E-state index in [1.54, 1.807) is 14.2 Å². The minimum absolute atomic E-state index is 0.169. The molecule has 0 spiro atoms. The Morgan fingerprint density at radius 3 is 2.18 bits per heavy atom. The van der Waals surface area contributed by atoms with Gasteiger partial charge in [-0.25, -0.2) is 0 Å². The van der Waals surface area contributed by atoms with Crippen molar-refractivity contribution in [2.24, 2.45) is 0 Å². The zero-order valence-corrected chi connectivity index (χ0v) is 7.17. The number of hydrogen-bond donors (Lipinski definition) is 1. The van der Waals surface area contributed by atoms with E-state index < -0.39 is 0 Å². The van der Waals surface area contributed by atoms with E-state index in [0.29, 0.717) is 0 Å². The van der Waals surface area contributed by atoms with Crippen LogP contribution in [0.5, 0.6) is 0 Å². The SMILES string of the molecule is COC(OC)N1CCNCC1. The van der Waals surface area contributed by atoms with E-state index in [1.165, 1.54) is 0 Å². The molecule has 0 unspecified atom stereocenters. The Hall–Kier alpha value is -0.160. The Kier molecular flexibility index (Phi) is 3.79. The van der Waals surface area contributed by atoms with Crippen molar-refractivity contribution in [3.63, 3.8) is 0 Å². The van der Waals surface area contributed by atoms with Gasteiger partial charge in [-0.05, 0) is 0 Å². The molecule has 0 aromatic carbocycles.